The van der Waals surface area contributed by atoms with Crippen molar-refractivity contribution in [3.63, 3.8) is 0 Å². The maximum atomic E-state index is 12.6. The minimum atomic E-state index is -3.35. The molecule has 0 aliphatic carbocycles. The van der Waals surface area contributed by atoms with E-state index in [9.17, 15) is 18.0 Å². The summed E-state index contributed by atoms with van der Waals surface area (Å²) >= 11 is 0. The lowest BCUT2D eigenvalue weighted by Gasteiger charge is -2.19. The van der Waals surface area contributed by atoms with Gasteiger partial charge in [-0.1, -0.05) is 38.1 Å². The predicted molar refractivity (Wildman–Crippen MR) is 121 cm³/mol. The highest BCUT2D eigenvalue weighted by Gasteiger charge is 2.29. The average molecular weight is 445 g/mol. The van der Waals surface area contributed by atoms with E-state index in [0.717, 1.165) is 12.0 Å². The highest BCUT2D eigenvalue weighted by molar-refractivity contribution is 7.93. The van der Waals surface area contributed by atoms with Gasteiger partial charge in [-0.3, -0.25) is 9.10 Å². The van der Waals surface area contributed by atoms with Gasteiger partial charge in [-0.2, -0.15) is 0 Å². The summed E-state index contributed by atoms with van der Waals surface area (Å²) in [7, 11) is -3.35. The van der Waals surface area contributed by atoms with Crippen molar-refractivity contribution in [2.45, 2.75) is 45.6 Å². The third kappa shape index (κ3) is 5.25. The number of anilines is 2. The van der Waals surface area contributed by atoms with Crippen molar-refractivity contribution < 1.29 is 22.7 Å². The van der Waals surface area contributed by atoms with E-state index >= 15 is 0 Å². The Morgan fingerprint density at radius 1 is 1.13 bits per heavy atom. The molecular weight excluding hydrogens is 416 g/mol. The number of hydrogen-bond donors (Lipinski definition) is 1. The quantitative estimate of drug-likeness (QED) is 0.654. The standard InChI is InChI=1S/C23H28N2O5S/c1-4-16(2)20-11-5-6-12-21(20)24-22(26)17(3)30-23(27)18-9-7-10-19(15-18)25-13-8-14-31(25,28)29/h5-7,9-12,15-17H,4,8,13-14H2,1-3H3,(H,24,26). The number of carbonyl (C=O) groups is 2. The van der Waals surface area contributed by atoms with E-state index in [1.54, 1.807) is 12.1 Å². The molecule has 7 nitrogen and oxygen atoms in total. The average Bonchev–Trinajstić information content (AvgIpc) is 3.12. The van der Waals surface area contributed by atoms with Gasteiger partial charge >= 0.3 is 5.97 Å². The van der Waals surface area contributed by atoms with Crippen LogP contribution in [-0.4, -0.2) is 38.7 Å². The first-order chi connectivity index (χ1) is 14.7. The van der Waals surface area contributed by atoms with Gasteiger partial charge in [0.05, 0.1) is 17.0 Å². The van der Waals surface area contributed by atoms with Crippen LogP contribution in [0.5, 0.6) is 0 Å². The second-order valence-electron chi connectivity index (χ2n) is 7.73. The molecule has 0 radical (unpaired) electrons. The molecular formula is C23H28N2O5S. The molecule has 1 amide bonds. The summed E-state index contributed by atoms with van der Waals surface area (Å²) in [6.07, 6.45) is 0.462. The van der Waals surface area contributed by atoms with Gasteiger partial charge in [0.25, 0.3) is 5.91 Å². The van der Waals surface area contributed by atoms with Crippen molar-refractivity contribution in [1.82, 2.24) is 0 Å². The van der Waals surface area contributed by atoms with E-state index < -0.39 is 28.0 Å². The van der Waals surface area contributed by atoms with Crippen molar-refractivity contribution in [3.05, 3.63) is 59.7 Å². The normalized spacial score (nSPS) is 17.1. The Labute approximate surface area is 183 Å². The number of para-hydroxylation sites is 1. The third-order valence-corrected chi connectivity index (χ3v) is 7.35. The monoisotopic (exact) mass is 444 g/mol. The lowest BCUT2D eigenvalue weighted by Crippen LogP contribution is -2.30. The van der Waals surface area contributed by atoms with E-state index in [2.05, 4.69) is 19.2 Å². The summed E-state index contributed by atoms with van der Waals surface area (Å²) in [4.78, 5) is 25.2. The number of nitrogens with one attached hydrogen (secondary N) is 1. The van der Waals surface area contributed by atoms with E-state index in [4.69, 9.17) is 4.74 Å². The molecule has 0 bridgehead atoms. The molecule has 1 aliphatic rings. The lowest BCUT2D eigenvalue weighted by molar-refractivity contribution is -0.123. The van der Waals surface area contributed by atoms with Crippen LogP contribution < -0.4 is 9.62 Å². The molecule has 2 aromatic carbocycles. The maximum absolute atomic E-state index is 12.6. The highest BCUT2D eigenvalue weighted by atomic mass is 32.2. The molecule has 0 spiro atoms. The van der Waals surface area contributed by atoms with E-state index in [1.807, 2.05) is 24.3 Å². The fourth-order valence-electron chi connectivity index (χ4n) is 3.49. The molecule has 3 rings (SSSR count). The Morgan fingerprint density at radius 2 is 1.87 bits per heavy atom. The summed E-state index contributed by atoms with van der Waals surface area (Å²) in [5, 5.41) is 2.85. The molecule has 1 heterocycles. The molecule has 1 fully saturated rings. The lowest BCUT2D eigenvalue weighted by atomic mass is 9.97. The Kier molecular flexibility index (Phi) is 7.00. The Hall–Kier alpha value is -2.87. The minimum Gasteiger partial charge on any atom is -0.449 e. The fourth-order valence-corrected chi connectivity index (χ4v) is 5.05. The number of rotatable bonds is 7. The summed E-state index contributed by atoms with van der Waals surface area (Å²) in [6.45, 7) is 6.06. The van der Waals surface area contributed by atoms with Crippen LogP contribution in [0.3, 0.4) is 0 Å². The molecule has 2 aromatic rings. The zero-order valence-corrected chi connectivity index (χ0v) is 18.8. The van der Waals surface area contributed by atoms with Crippen LogP contribution in [0.2, 0.25) is 0 Å². The van der Waals surface area contributed by atoms with Gasteiger partial charge in [-0.15, -0.1) is 0 Å². The number of sulfonamides is 1. The molecule has 166 valence electrons. The van der Waals surface area contributed by atoms with Gasteiger partial charge in [0.15, 0.2) is 6.10 Å². The SMILES string of the molecule is CCC(C)c1ccccc1NC(=O)C(C)OC(=O)c1cccc(N2CCCS2(=O)=O)c1. The summed E-state index contributed by atoms with van der Waals surface area (Å²) in [6, 6.07) is 13.8. The molecule has 2 atom stereocenters. The van der Waals surface area contributed by atoms with Crippen LogP contribution in [0.1, 0.15) is 55.5 Å². The first-order valence-electron chi connectivity index (χ1n) is 10.4. The number of esters is 1. The van der Waals surface area contributed by atoms with E-state index in [1.165, 1.54) is 23.4 Å². The predicted octanol–water partition coefficient (Wildman–Crippen LogP) is 3.92. The van der Waals surface area contributed by atoms with Gasteiger partial charge in [-0.05, 0) is 55.5 Å². The number of ether oxygens (including phenoxy) is 1. The number of hydrogen-bond acceptors (Lipinski definition) is 5. The Bertz CT molecular complexity index is 1070. The minimum absolute atomic E-state index is 0.0942. The van der Waals surface area contributed by atoms with Crippen LogP contribution in [0.25, 0.3) is 0 Å². The summed E-state index contributed by atoms with van der Waals surface area (Å²) < 4.78 is 30.9. The van der Waals surface area contributed by atoms with Crippen LogP contribution in [0.15, 0.2) is 48.5 Å². The van der Waals surface area contributed by atoms with Crippen molar-refractivity contribution in [2.24, 2.45) is 0 Å². The van der Waals surface area contributed by atoms with Gasteiger partial charge in [0.2, 0.25) is 10.0 Å². The second kappa shape index (κ2) is 9.51. The van der Waals surface area contributed by atoms with Gasteiger partial charge in [0, 0.05) is 12.2 Å². The Balaban J connectivity index is 1.69. The Morgan fingerprint density at radius 3 is 2.55 bits per heavy atom. The van der Waals surface area contributed by atoms with Crippen LogP contribution in [0, 0.1) is 0 Å². The fraction of sp³-hybridized carbons (Fsp3) is 0.391. The maximum Gasteiger partial charge on any atom is 0.338 e. The number of carbonyl (C=O) groups excluding carboxylic acids is 2. The first-order valence-corrected chi connectivity index (χ1v) is 12.0. The molecule has 8 heteroatoms. The number of amides is 1. The highest BCUT2D eigenvalue weighted by Crippen LogP contribution is 2.27. The zero-order chi connectivity index (χ0) is 22.6. The largest absolute Gasteiger partial charge is 0.449 e. The summed E-state index contributed by atoms with van der Waals surface area (Å²) in [5.74, 6) is -0.741. The van der Waals surface area contributed by atoms with Crippen LogP contribution in [0.4, 0.5) is 11.4 Å². The van der Waals surface area contributed by atoms with Crippen molar-refractivity contribution >= 4 is 33.3 Å². The van der Waals surface area contributed by atoms with E-state index in [0.29, 0.717) is 24.3 Å². The molecule has 2 unspecified atom stereocenters. The molecule has 1 saturated heterocycles. The van der Waals surface area contributed by atoms with Crippen LogP contribution >= 0.6 is 0 Å². The van der Waals surface area contributed by atoms with Crippen molar-refractivity contribution in [2.75, 3.05) is 21.9 Å². The number of benzene rings is 2. The zero-order valence-electron chi connectivity index (χ0n) is 18.0. The molecule has 0 aromatic heterocycles. The molecule has 31 heavy (non-hydrogen) atoms. The van der Waals surface area contributed by atoms with Gasteiger partial charge in [0.1, 0.15) is 0 Å². The van der Waals surface area contributed by atoms with Gasteiger partial charge < -0.3 is 10.1 Å². The molecule has 1 aliphatic heterocycles. The summed E-state index contributed by atoms with van der Waals surface area (Å²) in [5.41, 5.74) is 2.34. The second-order valence-corrected chi connectivity index (χ2v) is 9.74. The molecule has 1 N–H and O–H groups in total. The first kappa shape index (κ1) is 22.8. The topological polar surface area (TPSA) is 92.8 Å². The molecule has 0 saturated carbocycles. The van der Waals surface area contributed by atoms with Crippen molar-refractivity contribution in [1.29, 1.82) is 0 Å². The van der Waals surface area contributed by atoms with Crippen molar-refractivity contribution in [3.8, 4) is 0 Å². The smallest absolute Gasteiger partial charge is 0.338 e. The third-order valence-electron chi connectivity index (χ3n) is 5.48. The van der Waals surface area contributed by atoms with Crippen LogP contribution in [-0.2, 0) is 19.6 Å². The number of nitrogens with zero attached hydrogens (tertiary/aromatic N) is 1. The van der Waals surface area contributed by atoms with Gasteiger partial charge in [-0.25, -0.2) is 13.2 Å². The van der Waals surface area contributed by atoms with E-state index in [-0.39, 0.29) is 17.2 Å².